The van der Waals surface area contributed by atoms with Gasteiger partial charge in [-0.3, -0.25) is 4.79 Å². The number of carbonyl (C=O) groups is 1. The van der Waals surface area contributed by atoms with E-state index in [2.05, 4.69) is 4.52 Å². The van der Waals surface area contributed by atoms with E-state index in [0.717, 1.165) is 0 Å². The summed E-state index contributed by atoms with van der Waals surface area (Å²) in [6.07, 6.45) is 0.136. The molecule has 0 amide bonds. The van der Waals surface area contributed by atoms with Crippen LogP contribution >= 0.6 is 8.25 Å². The molecule has 0 aliphatic heterocycles. The minimum atomic E-state index is -3.05. The third-order valence-corrected chi connectivity index (χ3v) is 0.892. The molecule has 1 atom stereocenters. The Balaban J connectivity index is 0. The van der Waals surface area contributed by atoms with E-state index in [9.17, 15) is 9.36 Å². The van der Waals surface area contributed by atoms with Gasteiger partial charge in [0.15, 0.2) is 0 Å². The Morgan fingerprint density at radius 2 is 2.22 bits per heavy atom. The minimum absolute atomic E-state index is 0. The van der Waals surface area contributed by atoms with E-state index in [4.69, 9.17) is 4.89 Å². The molecule has 0 aliphatic carbocycles. The second-order valence-corrected chi connectivity index (χ2v) is 1.83. The molecule has 0 fully saturated rings. The van der Waals surface area contributed by atoms with Gasteiger partial charge in [-0.25, -0.2) is 4.57 Å². The average Bonchev–Trinajstić information content (AvgIpc) is 1.65. The van der Waals surface area contributed by atoms with Crippen LogP contribution in [0.2, 0.25) is 0 Å². The van der Waals surface area contributed by atoms with E-state index in [1.54, 1.807) is 6.92 Å². The summed E-state index contributed by atoms with van der Waals surface area (Å²) < 4.78 is 13.6. The first-order chi connectivity index (χ1) is 3.66. The monoisotopic (exact) mass is 180 g/mol. The van der Waals surface area contributed by atoms with Crippen LogP contribution in [-0.2, 0) is 13.9 Å². The van der Waals surface area contributed by atoms with Crippen LogP contribution in [0, 0.1) is 0 Å². The second kappa shape index (κ2) is 7.03. The van der Waals surface area contributed by atoms with Gasteiger partial charge in [0.25, 0.3) is 0 Å². The molecule has 1 unspecified atom stereocenters. The van der Waals surface area contributed by atoms with Gasteiger partial charge in [-0.2, -0.15) is 0 Å². The summed E-state index contributed by atoms with van der Waals surface area (Å²) in [7, 11) is -3.05. The number of rotatable bonds is 2. The van der Waals surface area contributed by atoms with E-state index in [-0.39, 0.29) is 44.2 Å². The summed E-state index contributed by atoms with van der Waals surface area (Å²) in [6, 6.07) is 0. The number of carbonyl (C=O) groups excluding carboxylic acids is 1. The molecule has 0 aromatic rings. The molecule has 0 aromatic carbocycles. The summed E-state index contributed by atoms with van der Waals surface area (Å²) in [5.41, 5.74) is 0. The zero-order valence-corrected chi connectivity index (χ0v) is 5.38. The van der Waals surface area contributed by atoms with Gasteiger partial charge < -0.3 is 9.42 Å². The summed E-state index contributed by atoms with van der Waals surface area (Å²) in [6.45, 7) is 1.55. The first kappa shape index (κ1) is 12.6. The molecular weight excluding hydrogens is 171 g/mol. The van der Waals surface area contributed by atoms with Gasteiger partial charge in [0.1, 0.15) is 0 Å². The van der Waals surface area contributed by atoms with Gasteiger partial charge in [0.2, 0.25) is 0 Å². The molecule has 0 spiro atoms. The van der Waals surface area contributed by atoms with Crippen LogP contribution in [0.25, 0.3) is 0 Å². The van der Waals surface area contributed by atoms with Crippen molar-refractivity contribution in [3.05, 3.63) is 0 Å². The molecule has 0 saturated carbocycles. The summed E-state index contributed by atoms with van der Waals surface area (Å²) in [5, 5.41) is 0. The summed E-state index contributed by atoms with van der Waals surface area (Å²) >= 11 is 0. The maximum absolute atomic E-state index is 10.1. The van der Waals surface area contributed by atoms with E-state index >= 15 is 0 Å². The molecule has 1 N–H and O–H groups in total. The number of hydrogen-bond acceptors (Lipinski definition) is 3. The molecule has 0 aromatic heterocycles. The third kappa shape index (κ3) is 8.92. The second-order valence-electron chi connectivity index (χ2n) is 1.09. The van der Waals surface area contributed by atoms with Crippen molar-refractivity contribution in [1.82, 2.24) is 0 Å². The van der Waals surface area contributed by atoms with Crippen LogP contribution in [0.5, 0.6) is 0 Å². The molecule has 0 rings (SSSR count). The Bertz CT molecular complexity index is 114. The molecule has 4 nitrogen and oxygen atoms in total. The zero-order chi connectivity index (χ0) is 6.57. The van der Waals surface area contributed by atoms with E-state index in [1.165, 1.54) is 0 Å². The molecule has 0 aliphatic rings. The normalized spacial score (nSPS) is 11.3. The molecule has 9 heavy (non-hydrogen) atoms. The Labute approximate surface area is 83.5 Å². The van der Waals surface area contributed by atoms with Crippen molar-refractivity contribution in [2.75, 3.05) is 0 Å². The topological polar surface area (TPSA) is 63.6 Å². The van der Waals surface area contributed by atoms with E-state index in [1.807, 2.05) is 0 Å². The Kier molecular flexibility index (Phi) is 9.83. The predicted octanol–water partition coefficient (Wildman–Crippen LogP) is -0.595. The molecule has 0 saturated heterocycles. The van der Waals surface area contributed by atoms with E-state index < -0.39 is 14.2 Å². The van der Waals surface area contributed by atoms with Gasteiger partial charge in [-0.15, -0.1) is 0 Å². The van der Waals surface area contributed by atoms with Crippen molar-refractivity contribution in [3.8, 4) is 0 Å². The van der Waals surface area contributed by atoms with Crippen molar-refractivity contribution < 1.29 is 18.8 Å². The molecular formula is C3H9CaO4P. The molecule has 52 valence electrons. The first-order valence-electron chi connectivity index (χ1n) is 2.10. The fourth-order valence-electron chi connectivity index (χ4n) is 0.170. The van der Waals surface area contributed by atoms with Gasteiger partial charge in [-0.05, 0) is 0 Å². The third-order valence-electron chi connectivity index (χ3n) is 0.490. The van der Waals surface area contributed by atoms with Crippen LogP contribution < -0.4 is 0 Å². The van der Waals surface area contributed by atoms with Crippen LogP contribution in [-0.4, -0.2) is 48.6 Å². The van der Waals surface area contributed by atoms with Crippen LogP contribution in [0.1, 0.15) is 13.3 Å². The standard InChI is InChI=1S/C3H7O4P.Ca.2H/c1-2-3(4)7-8(5)6;;;/h8H,2H2,1H3,(H,5,6);;;. The van der Waals surface area contributed by atoms with Gasteiger partial charge in [0.05, 0.1) is 0 Å². The predicted molar refractivity (Wildman–Crippen MR) is 36.1 cm³/mol. The van der Waals surface area contributed by atoms with Crippen molar-refractivity contribution >= 4 is 52.0 Å². The average molecular weight is 180 g/mol. The molecule has 0 radical (unpaired) electrons. The van der Waals surface area contributed by atoms with Crippen LogP contribution in [0.3, 0.4) is 0 Å². The fourth-order valence-corrected chi connectivity index (χ4v) is 0.509. The molecule has 0 heterocycles. The van der Waals surface area contributed by atoms with Crippen molar-refractivity contribution in [2.24, 2.45) is 0 Å². The SMILES string of the molecule is CCC(=O)O[PH](=O)O.[CaH2]. The first-order valence-corrected chi connectivity index (χ1v) is 3.36. The molecule has 0 bridgehead atoms. The molecule has 6 heteroatoms. The quantitative estimate of drug-likeness (QED) is 0.455. The van der Waals surface area contributed by atoms with E-state index in [0.29, 0.717) is 0 Å². The van der Waals surface area contributed by atoms with Crippen LogP contribution in [0.15, 0.2) is 0 Å². The Morgan fingerprint density at radius 1 is 1.78 bits per heavy atom. The van der Waals surface area contributed by atoms with Gasteiger partial charge >= 0.3 is 52.0 Å². The van der Waals surface area contributed by atoms with Gasteiger partial charge in [0, 0.05) is 6.42 Å². The number of hydrogen-bond donors (Lipinski definition) is 1. The van der Waals surface area contributed by atoms with Crippen molar-refractivity contribution in [2.45, 2.75) is 13.3 Å². The maximum atomic E-state index is 10.1. The zero-order valence-electron chi connectivity index (χ0n) is 4.38. The van der Waals surface area contributed by atoms with Crippen LogP contribution in [0.4, 0.5) is 0 Å². The van der Waals surface area contributed by atoms with Crippen molar-refractivity contribution in [3.63, 3.8) is 0 Å². The summed E-state index contributed by atoms with van der Waals surface area (Å²) in [4.78, 5) is 18.0. The van der Waals surface area contributed by atoms with Gasteiger partial charge in [-0.1, -0.05) is 6.92 Å². The Hall–Kier alpha value is 0.920. The summed E-state index contributed by atoms with van der Waals surface area (Å²) in [5.74, 6) is -0.642. The van der Waals surface area contributed by atoms with Crippen molar-refractivity contribution in [1.29, 1.82) is 0 Å². The Morgan fingerprint density at radius 3 is 2.33 bits per heavy atom. The fraction of sp³-hybridized carbons (Fsp3) is 0.667.